The van der Waals surface area contributed by atoms with Crippen LogP contribution in [0.5, 0.6) is 0 Å². The Kier molecular flexibility index (Phi) is 6.20. The SMILES string of the molecule is COCC(C(C)C)N1C(=O)C(C(C)C)NC(=O)C1C(C)C. The van der Waals surface area contributed by atoms with E-state index in [0.29, 0.717) is 6.61 Å². The van der Waals surface area contributed by atoms with Crippen molar-refractivity contribution < 1.29 is 14.3 Å². The highest BCUT2D eigenvalue weighted by atomic mass is 16.5. The Morgan fingerprint density at radius 3 is 2.05 bits per heavy atom. The summed E-state index contributed by atoms with van der Waals surface area (Å²) in [7, 11) is 1.63. The molecule has 122 valence electrons. The molecule has 0 saturated carbocycles. The third-order valence-electron chi connectivity index (χ3n) is 4.15. The van der Waals surface area contributed by atoms with Gasteiger partial charge < -0.3 is 15.0 Å². The number of carbonyl (C=O) groups excluding carboxylic acids is 2. The monoisotopic (exact) mass is 298 g/mol. The Labute approximate surface area is 128 Å². The number of rotatable bonds is 6. The lowest BCUT2D eigenvalue weighted by Crippen LogP contribution is -2.69. The summed E-state index contributed by atoms with van der Waals surface area (Å²) >= 11 is 0. The topological polar surface area (TPSA) is 58.6 Å². The van der Waals surface area contributed by atoms with Crippen molar-refractivity contribution in [2.45, 2.75) is 59.7 Å². The molecule has 21 heavy (non-hydrogen) atoms. The van der Waals surface area contributed by atoms with E-state index in [4.69, 9.17) is 4.74 Å². The molecule has 1 aliphatic heterocycles. The van der Waals surface area contributed by atoms with Crippen molar-refractivity contribution >= 4 is 11.8 Å². The van der Waals surface area contributed by atoms with Gasteiger partial charge in [0.05, 0.1) is 12.6 Å². The molecule has 0 radical (unpaired) electrons. The van der Waals surface area contributed by atoms with E-state index in [9.17, 15) is 9.59 Å². The van der Waals surface area contributed by atoms with Crippen molar-refractivity contribution in [2.75, 3.05) is 13.7 Å². The molecular weight excluding hydrogens is 268 g/mol. The lowest BCUT2D eigenvalue weighted by atomic mass is 9.89. The molecule has 1 heterocycles. The van der Waals surface area contributed by atoms with Crippen LogP contribution in [-0.2, 0) is 14.3 Å². The Balaban J connectivity index is 3.21. The molecule has 1 rings (SSSR count). The molecule has 0 aromatic carbocycles. The van der Waals surface area contributed by atoms with Crippen molar-refractivity contribution in [2.24, 2.45) is 17.8 Å². The summed E-state index contributed by atoms with van der Waals surface area (Å²) in [4.78, 5) is 27.2. The van der Waals surface area contributed by atoms with Gasteiger partial charge in [0, 0.05) is 7.11 Å². The maximum Gasteiger partial charge on any atom is 0.246 e. The maximum absolute atomic E-state index is 12.9. The second-order valence-electron chi connectivity index (χ2n) is 6.93. The van der Waals surface area contributed by atoms with Crippen molar-refractivity contribution in [3.63, 3.8) is 0 Å². The molecule has 0 spiro atoms. The van der Waals surface area contributed by atoms with Gasteiger partial charge in [-0.25, -0.2) is 0 Å². The largest absolute Gasteiger partial charge is 0.383 e. The number of ether oxygens (including phenoxy) is 1. The first kappa shape index (κ1) is 18.0. The van der Waals surface area contributed by atoms with Crippen LogP contribution in [0.2, 0.25) is 0 Å². The zero-order valence-corrected chi connectivity index (χ0v) is 14.3. The summed E-state index contributed by atoms with van der Waals surface area (Å²) in [6.45, 7) is 12.4. The van der Waals surface area contributed by atoms with Crippen LogP contribution in [0.3, 0.4) is 0 Å². The third kappa shape index (κ3) is 3.76. The van der Waals surface area contributed by atoms with Crippen LogP contribution in [0, 0.1) is 17.8 Å². The molecule has 0 aromatic heterocycles. The second-order valence-corrected chi connectivity index (χ2v) is 6.93. The first-order chi connectivity index (χ1) is 9.72. The molecule has 1 fully saturated rings. The predicted octanol–water partition coefficient (Wildman–Crippen LogP) is 1.66. The molecule has 1 N–H and O–H groups in total. The lowest BCUT2D eigenvalue weighted by molar-refractivity contribution is -0.158. The van der Waals surface area contributed by atoms with Gasteiger partial charge in [-0.1, -0.05) is 41.5 Å². The number of methoxy groups -OCH3 is 1. The highest BCUT2D eigenvalue weighted by molar-refractivity contribution is 5.97. The third-order valence-corrected chi connectivity index (χ3v) is 4.15. The van der Waals surface area contributed by atoms with Crippen LogP contribution < -0.4 is 5.32 Å². The van der Waals surface area contributed by atoms with Gasteiger partial charge in [0.1, 0.15) is 12.1 Å². The fourth-order valence-electron chi connectivity index (χ4n) is 2.93. The van der Waals surface area contributed by atoms with E-state index in [1.165, 1.54) is 0 Å². The highest BCUT2D eigenvalue weighted by Gasteiger charge is 2.46. The first-order valence-corrected chi connectivity index (χ1v) is 7.83. The van der Waals surface area contributed by atoms with Gasteiger partial charge in [-0.2, -0.15) is 0 Å². The number of carbonyl (C=O) groups is 2. The van der Waals surface area contributed by atoms with E-state index in [-0.39, 0.29) is 35.6 Å². The normalized spacial score (nSPS) is 25.0. The summed E-state index contributed by atoms with van der Waals surface area (Å²) in [6.07, 6.45) is 0. The minimum atomic E-state index is -0.439. The Morgan fingerprint density at radius 2 is 1.67 bits per heavy atom. The summed E-state index contributed by atoms with van der Waals surface area (Å²) in [5.74, 6) is 0.338. The van der Waals surface area contributed by atoms with Crippen LogP contribution in [-0.4, -0.2) is 48.6 Å². The van der Waals surface area contributed by atoms with E-state index in [2.05, 4.69) is 19.2 Å². The Hall–Kier alpha value is -1.10. The van der Waals surface area contributed by atoms with Crippen molar-refractivity contribution in [3.05, 3.63) is 0 Å². The molecule has 1 saturated heterocycles. The predicted molar refractivity (Wildman–Crippen MR) is 82.7 cm³/mol. The molecular formula is C16H30N2O3. The average Bonchev–Trinajstić information content (AvgIpc) is 2.37. The van der Waals surface area contributed by atoms with Gasteiger partial charge >= 0.3 is 0 Å². The molecule has 1 aliphatic rings. The molecule has 5 nitrogen and oxygen atoms in total. The Morgan fingerprint density at radius 1 is 1.10 bits per heavy atom. The van der Waals surface area contributed by atoms with Crippen molar-refractivity contribution in [3.8, 4) is 0 Å². The van der Waals surface area contributed by atoms with Gasteiger partial charge in [-0.3, -0.25) is 9.59 Å². The van der Waals surface area contributed by atoms with Crippen LogP contribution in [0.1, 0.15) is 41.5 Å². The van der Waals surface area contributed by atoms with E-state index in [1.54, 1.807) is 12.0 Å². The number of amides is 2. The summed E-state index contributed by atoms with van der Waals surface area (Å²) in [6, 6.07) is -0.942. The van der Waals surface area contributed by atoms with Crippen LogP contribution in [0.15, 0.2) is 0 Å². The standard InChI is InChI=1S/C16H30N2O3/c1-9(2)12(8-21-7)18-14(11(5)6)15(19)17-13(10(3)4)16(18)20/h9-14H,8H2,1-7H3,(H,17,19). The number of nitrogens with one attached hydrogen (secondary N) is 1. The van der Waals surface area contributed by atoms with Gasteiger partial charge in [0.2, 0.25) is 11.8 Å². The van der Waals surface area contributed by atoms with Gasteiger partial charge in [-0.15, -0.1) is 0 Å². The molecule has 2 amide bonds. The van der Waals surface area contributed by atoms with E-state index < -0.39 is 12.1 Å². The van der Waals surface area contributed by atoms with E-state index in [0.717, 1.165) is 0 Å². The fraction of sp³-hybridized carbons (Fsp3) is 0.875. The average molecular weight is 298 g/mol. The fourth-order valence-corrected chi connectivity index (χ4v) is 2.93. The van der Waals surface area contributed by atoms with Crippen LogP contribution in [0.25, 0.3) is 0 Å². The summed E-state index contributed by atoms with van der Waals surface area (Å²) in [5.41, 5.74) is 0. The van der Waals surface area contributed by atoms with E-state index in [1.807, 2.05) is 27.7 Å². The molecule has 0 bridgehead atoms. The number of hydrogen-bond acceptors (Lipinski definition) is 3. The number of hydrogen-bond donors (Lipinski definition) is 1. The quantitative estimate of drug-likeness (QED) is 0.811. The van der Waals surface area contributed by atoms with Gasteiger partial charge in [0.15, 0.2) is 0 Å². The first-order valence-electron chi connectivity index (χ1n) is 7.83. The molecule has 3 unspecified atom stereocenters. The van der Waals surface area contributed by atoms with Crippen molar-refractivity contribution in [1.29, 1.82) is 0 Å². The maximum atomic E-state index is 12.9. The molecule has 3 atom stereocenters. The van der Waals surface area contributed by atoms with Gasteiger partial charge in [-0.05, 0) is 17.8 Å². The molecule has 5 heteroatoms. The number of piperazine rings is 1. The minimum absolute atomic E-state index is 0.0130. The summed E-state index contributed by atoms with van der Waals surface area (Å²) < 4.78 is 5.30. The van der Waals surface area contributed by atoms with Gasteiger partial charge in [0.25, 0.3) is 0 Å². The van der Waals surface area contributed by atoms with Crippen LogP contribution in [0.4, 0.5) is 0 Å². The molecule has 0 aromatic rings. The zero-order valence-electron chi connectivity index (χ0n) is 14.3. The second kappa shape index (κ2) is 7.25. The lowest BCUT2D eigenvalue weighted by Gasteiger charge is -2.46. The Bertz CT molecular complexity index is 380. The van der Waals surface area contributed by atoms with E-state index >= 15 is 0 Å². The number of nitrogens with zero attached hydrogens (tertiary/aromatic N) is 1. The highest BCUT2D eigenvalue weighted by Crippen LogP contribution is 2.26. The minimum Gasteiger partial charge on any atom is -0.383 e. The molecule has 0 aliphatic carbocycles. The smallest absolute Gasteiger partial charge is 0.246 e. The zero-order chi connectivity index (χ0) is 16.3. The van der Waals surface area contributed by atoms with Crippen molar-refractivity contribution in [1.82, 2.24) is 10.2 Å². The summed E-state index contributed by atoms with van der Waals surface area (Å²) in [5, 5.41) is 2.89. The van der Waals surface area contributed by atoms with Crippen LogP contribution >= 0.6 is 0 Å².